The Kier molecular flexibility index (Phi) is 1.70. The maximum absolute atomic E-state index is 5.54. The normalized spacial score (nSPS) is 10.2. The van der Waals surface area contributed by atoms with Crippen molar-refractivity contribution in [1.82, 2.24) is 19.7 Å². The first-order chi connectivity index (χ1) is 6.27. The maximum Gasteiger partial charge on any atom is 0.218 e. The van der Waals surface area contributed by atoms with Crippen molar-refractivity contribution in [3.8, 4) is 11.5 Å². The number of rotatable bonds is 1. The van der Waals surface area contributed by atoms with Crippen molar-refractivity contribution in [2.75, 3.05) is 5.73 Å². The fourth-order valence-corrected chi connectivity index (χ4v) is 1.00. The zero-order chi connectivity index (χ0) is 9.26. The third kappa shape index (κ3) is 1.35. The summed E-state index contributed by atoms with van der Waals surface area (Å²) in [5, 5.41) is 4.10. The van der Waals surface area contributed by atoms with E-state index < -0.39 is 0 Å². The summed E-state index contributed by atoms with van der Waals surface area (Å²) >= 11 is 0. The van der Waals surface area contributed by atoms with Crippen molar-refractivity contribution in [3.05, 3.63) is 24.4 Å². The summed E-state index contributed by atoms with van der Waals surface area (Å²) in [4.78, 5) is 8.16. The van der Waals surface area contributed by atoms with E-state index in [0.717, 1.165) is 5.69 Å². The molecule has 0 aromatic carbocycles. The highest BCUT2D eigenvalue weighted by molar-refractivity contribution is 5.49. The molecule has 0 radical (unpaired) electrons. The largest absolute Gasteiger partial charge is 0.368 e. The number of nitrogen functional groups attached to an aromatic ring is 1. The van der Waals surface area contributed by atoms with Crippen molar-refractivity contribution in [3.63, 3.8) is 0 Å². The lowest BCUT2D eigenvalue weighted by atomic mass is 10.3. The summed E-state index contributed by atoms with van der Waals surface area (Å²) in [5.41, 5.74) is 6.27. The monoisotopic (exact) mass is 175 g/mol. The molecule has 0 amide bonds. The molecule has 66 valence electrons. The Balaban J connectivity index is 2.48. The van der Waals surface area contributed by atoms with E-state index in [1.807, 2.05) is 18.2 Å². The molecule has 0 atom stereocenters. The minimum atomic E-state index is 0.389. The smallest absolute Gasteiger partial charge is 0.218 e. The molecule has 0 fully saturated rings. The summed E-state index contributed by atoms with van der Waals surface area (Å²) in [7, 11) is 1.74. The van der Waals surface area contributed by atoms with Crippen molar-refractivity contribution >= 4 is 5.95 Å². The van der Waals surface area contributed by atoms with Gasteiger partial charge >= 0.3 is 0 Å². The fraction of sp³-hybridized carbons (Fsp3) is 0.125. The predicted octanol–water partition coefficient (Wildman–Crippen LogP) is 0.459. The second-order valence-electron chi connectivity index (χ2n) is 2.63. The van der Waals surface area contributed by atoms with Crippen LogP contribution in [0.5, 0.6) is 0 Å². The molecule has 2 rings (SSSR count). The zero-order valence-electron chi connectivity index (χ0n) is 7.18. The first kappa shape index (κ1) is 7.72. The minimum absolute atomic E-state index is 0.389. The van der Waals surface area contributed by atoms with E-state index >= 15 is 0 Å². The molecule has 2 aromatic heterocycles. The molecular weight excluding hydrogens is 166 g/mol. The van der Waals surface area contributed by atoms with Crippen LogP contribution < -0.4 is 5.73 Å². The number of nitrogens with two attached hydrogens (primary N) is 1. The van der Waals surface area contributed by atoms with Crippen LogP contribution in [0.1, 0.15) is 0 Å². The van der Waals surface area contributed by atoms with Gasteiger partial charge in [-0.25, -0.2) is 4.68 Å². The standard InChI is InChI=1S/C8H9N5/c1-13-8(9)11-7(12-13)6-4-2-3-5-10-6/h2-5H,1H3,(H2,9,11,12). The zero-order valence-corrected chi connectivity index (χ0v) is 7.18. The molecule has 13 heavy (non-hydrogen) atoms. The summed E-state index contributed by atoms with van der Waals surface area (Å²) in [6.07, 6.45) is 1.70. The molecule has 0 unspecified atom stereocenters. The topological polar surface area (TPSA) is 69.6 Å². The third-order valence-electron chi connectivity index (χ3n) is 1.69. The molecule has 0 saturated heterocycles. The SMILES string of the molecule is Cn1nc(-c2ccccn2)nc1N. The average Bonchev–Trinajstić information content (AvgIpc) is 2.49. The predicted molar refractivity (Wildman–Crippen MR) is 48.6 cm³/mol. The van der Waals surface area contributed by atoms with Gasteiger partial charge in [0, 0.05) is 13.2 Å². The number of aryl methyl sites for hydroxylation is 1. The van der Waals surface area contributed by atoms with Gasteiger partial charge in [0.25, 0.3) is 0 Å². The second-order valence-corrected chi connectivity index (χ2v) is 2.63. The maximum atomic E-state index is 5.54. The van der Waals surface area contributed by atoms with E-state index in [1.54, 1.807) is 13.2 Å². The molecule has 0 bridgehead atoms. The molecule has 2 aromatic rings. The highest BCUT2D eigenvalue weighted by atomic mass is 15.4. The van der Waals surface area contributed by atoms with E-state index in [4.69, 9.17) is 5.73 Å². The van der Waals surface area contributed by atoms with Crippen molar-refractivity contribution in [2.24, 2.45) is 7.05 Å². The molecule has 0 aliphatic rings. The number of hydrogen-bond donors (Lipinski definition) is 1. The highest BCUT2D eigenvalue weighted by Gasteiger charge is 2.06. The molecule has 0 spiro atoms. The number of aromatic nitrogens is 4. The Morgan fingerprint density at radius 2 is 2.23 bits per heavy atom. The van der Waals surface area contributed by atoms with Crippen LogP contribution in [0.2, 0.25) is 0 Å². The van der Waals surface area contributed by atoms with Crippen LogP contribution in [0.3, 0.4) is 0 Å². The third-order valence-corrected chi connectivity index (χ3v) is 1.69. The number of pyridine rings is 1. The Morgan fingerprint density at radius 1 is 1.38 bits per heavy atom. The fourth-order valence-electron chi connectivity index (χ4n) is 1.00. The van der Waals surface area contributed by atoms with Gasteiger partial charge < -0.3 is 5.73 Å². The van der Waals surface area contributed by atoms with Crippen molar-refractivity contribution in [1.29, 1.82) is 0 Å². The van der Waals surface area contributed by atoms with Gasteiger partial charge in [-0.1, -0.05) is 6.07 Å². The summed E-state index contributed by atoms with van der Waals surface area (Å²) < 4.78 is 1.52. The summed E-state index contributed by atoms with van der Waals surface area (Å²) in [5.74, 6) is 0.946. The van der Waals surface area contributed by atoms with Crippen LogP contribution >= 0.6 is 0 Å². The van der Waals surface area contributed by atoms with E-state index in [2.05, 4.69) is 15.1 Å². The highest BCUT2D eigenvalue weighted by Crippen LogP contribution is 2.11. The van der Waals surface area contributed by atoms with Crippen LogP contribution in [-0.4, -0.2) is 19.7 Å². The van der Waals surface area contributed by atoms with Crippen LogP contribution in [0.15, 0.2) is 24.4 Å². The Bertz CT molecular complexity index is 386. The van der Waals surface area contributed by atoms with Gasteiger partial charge in [-0.2, -0.15) is 4.98 Å². The van der Waals surface area contributed by atoms with E-state index in [9.17, 15) is 0 Å². The number of nitrogens with zero attached hydrogens (tertiary/aromatic N) is 4. The Labute approximate surface area is 75.2 Å². The van der Waals surface area contributed by atoms with Crippen LogP contribution in [0.25, 0.3) is 11.5 Å². The Morgan fingerprint density at radius 3 is 2.77 bits per heavy atom. The van der Waals surface area contributed by atoms with Gasteiger partial charge in [0.05, 0.1) is 0 Å². The van der Waals surface area contributed by atoms with Crippen LogP contribution in [0, 0.1) is 0 Å². The van der Waals surface area contributed by atoms with Gasteiger partial charge in [-0.05, 0) is 12.1 Å². The minimum Gasteiger partial charge on any atom is -0.368 e. The number of hydrogen-bond acceptors (Lipinski definition) is 4. The Hall–Kier alpha value is -1.91. The molecular formula is C8H9N5. The first-order valence-electron chi connectivity index (χ1n) is 3.85. The molecule has 5 nitrogen and oxygen atoms in total. The van der Waals surface area contributed by atoms with E-state index in [-0.39, 0.29) is 0 Å². The molecule has 0 aliphatic carbocycles. The van der Waals surface area contributed by atoms with Gasteiger partial charge in [0.15, 0.2) is 0 Å². The molecule has 5 heteroatoms. The molecule has 0 aliphatic heterocycles. The second kappa shape index (κ2) is 2.85. The van der Waals surface area contributed by atoms with E-state index in [1.165, 1.54) is 4.68 Å². The number of anilines is 1. The van der Waals surface area contributed by atoms with Gasteiger partial charge in [0.1, 0.15) is 5.69 Å². The van der Waals surface area contributed by atoms with Gasteiger partial charge in [-0.3, -0.25) is 4.98 Å². The average molecular weight is 175 g/mol. The molecule has 0 saturated carbocycles. The molecule has 2 heterocycles. The van der Waals surface area contributed by atoms with Crippen LogP contribution in [-0.2, 0) is 7.05 Å². The lowest BCUT2D eigenvalue weighted by molar-refractivity contribution is 0.780. The van der Waals surface area contributed by atoms with E-state index in [0.29, 0.717) is 11.8 Å². The van der Waals surface area contributed by atoms with Gasteiger partial charge in [0.2, 0.25) is 11.8 Å². The van der Waals surface area contributed by atoms with Gasteiger partial charge in [-0.15, -0.1) is 5.10 Å². The van der Waals surface area contributed by atoms with Crippen molar-refractivity contribution in [2.45, 2.75) is 0 Å². The quantitative estimate of drug-likeness (QED) is 0.683. The summed E-state index contributed by atoms with van der Waals surface area (Å²) in [6, 6.07) is 5.57. The first-order valence-corrected chi connectivity index (χ1v) is 3.85. The molecule has 2 N–H and O–H groups in total. The van der Waals surface area contributed by atoms with Crippen molar-refractivity contribution < 1.29 is 0 Å². The van der Waals surface area contributed by atoms with Crippen LogP contribution in [0.4, 0.5) is 5.95 Å². The lowest BCUT2D eigenvalue weighted by Crippen LogP contribution is -1.97. The summed E-state index contributed by atoms with van der Waals surface area (Å²) in [6.45, 7) is 0. The lowest BCUT2D eigenvalue weighted by Gasteiger charge is -1.90.